The number of carbonyl (C=O) groups excluding carboxylic acids is 1. The zero-order valence-corrected chi connectivity index (χ0v) is 18.2. The molecule has 0 radical (unpaired) electrons. The van der Waals surface area contributed by atoms with Crippen LogP contribution in [0.1, 0.15) is 75.4 Å². The average molecular weight is 410 g/mol. The van der Waals surface area contributed by atoms with Crippen molar-refractivity contribution in [3.05, 3.63) is 11.1 Å². The number of aliphatic hydroxyl groups is 1. The molecule has 2 aliphatic carbocycles. The Hall–Kier alpha value is -1.18. The van der Waals surface area contributed by atoms with Crippen molar-refractivity contribution in [1.82, 2.24) is 15.6 Å². The van der Waals surface area contributed by atoms with Gasteiger partial charge in [0.25, 0.3) is 11.1 Å². The van der Waals surface area contributed by atoms with E-state index in [0.29, 0.717) is 28.6 Å². The van der Waals surface area contributed by atoms with E-state index in [2.05, 4.69) is 15.6 Å². The van der Waals surface area contributed by atoms with Crippen molar-refractivity contribution in [1.29, 1.82) is 0 Å². The van der Waals surface area contributed by atoms with Crippen LogP contribution in [-0.4, -0.2) is 47.3 Å². The molecule has 3 N–H and O–H groups in total. The first kappa shape index (κ1) is 21.5. The van der Waals surface area contributed by atoms with E-state index >= 15 is 0 Å². The van der Waals surface area contributed by atoms with Gasteiger partial charge in [-0.05, 0) is 64.2 Å². The molecular formula is C21H35N3O3S. The molecule has 0 aliphatic heterocycles. The molecule has 0 spiro atoms. The van der Waals surface area contributed by atoms with E-state index in [1.165, 1.54) is 49.9 Å². The number of aromatic nitrogens is 1. The van der Waals surface area contributed by atoms with Crippen LogP contribution in [0.25, 0.3) is 0 Å². The Morgan fingerprint density at radius 3 is 2.96 bits per heavy atom. The van der Waals surface area contributed by atoms with Crippen LogP contribution in [-0.2, 0) is 0 Å². The van der Waals surface area contributed by atoms with Gasteiger partial charge in [0.05, 0.1) is 6.20 Å². The topological polar surface area (TPSA) is 83.5 Å². The number of aliphatic hydroxyl groups excluding tert-OH is 1. The van der Waals surface area contributed by atoms with Crippen LogP contribution in [0.4, 0.5) is 0 Å². The van der Waals surface area contributed by atoms with Crippen LogP contribution >= 0.6 is 11.3 Å². The van der Waals surface area contributed by atoms with Crippen molar-refractivity contribution in [2.45, 2.75) is 77.4 Å². The first-order chi connectivity index (χ1) is 13.3. The van der Waals surface area contributed by atoms with Crippen LogP contribution < -0.4 is 15.4 Å². The van der Waals surface area contributed by atoms with Crippen molar-refractivity contribution >= 4 is 17.2 Å². The highest BCUT2D eigenvalue weighted by atomic mass is 32.1. The standard InChI is InChI=1S/C21H35N3O3S/c1-20(2,3)24-12-16(25)14-27-19-23-13-17(28-19)18(26)22-10-5-4-8-21-9-6-7-15(21)11-21/h13,15-16,24-25H,4-12,14H2,1-3H3,(H,22,26). The van der Waals surface area contributed by atoms with Crippen molar-refractivity contribution < 1.29 is 14.6 Å². The predicted molar refractivity (Wildman–Crippen MR) is 112 cm³/mol. The second-order valence-electron chi connectivity index (χ2n) is 9.45. The van der Waals surface area contributed by atoms with Gasteiger partial charge in [-0.25, -0.2) is 4.98 Å². The second-order valence-corrected chi connectivity index (χ2v) is 10.4. The number of rotatable bonds is 11. The van der Waals surface area contributed by atoms with Gasteiger partial charge in [0.15, 0.2) is 0 Å². The molecule has 2 saturated carbocycles. The summed E-state index contributed by atoms with van der Waals surface area (Å²) in [6.45, 7) is 7.45. The maximum atomic E-state index is 12.2. The Labute approximate surface area is 172 Å². The number of thiazole rings is 1. The molecule has 1 aromatic rings. The predicted octanol–water partition coefficient (Wildman–Crippen LogP) is 3.36. The molecule has 7 heteroatoms. The monoisotopic (exact) mass is 409 g/mol. The number of β-amino-alcohol motifs (C(OH)–C–C–N with tert-alkyl or cyclic N) is 1. The Balaban J connectivity index is 1.29. The van der Waals surface area contributed by atoms with Crippen LogP contribution in [0.5, 0.6) is 5.19 Å². The molecule has 1 aromatic heterocycles. The van der Waals surface area contributed by atoms with Gasteiger partial charge in [-0.1, -0.05) is 24.2 Å². The van der Waals surface area contributed by atoms with E-state index in [4.69, 9.17) is 4.74 Å². The summed E-state index contributed by atoms with van der Waals surface area (Å²) in [7, 11) is 0. The zero-order valence-electron chi connectivity index (χ0n) is 17.4. The lowest BCUT2D eigenvalue weighted by Gasteiger charge is -2.22. The van der Waals surface area contributed by atoms with Crippen LogP contribution in [0.2, 0.25) is 0 Å². The molecule has 1 heterocycles. The molecule has 1 amide bonds. The van der Waals surface area contributed by atoms with E-state index in [1.54, 1.807) is 6.20 Å². The molecule has 3 unspecified atom stereocenters. The fourth-order valence-electron chi connectivity index (χ4n) is 4.25. The Kier molecular flexibility index (Phi) is 6.99. The summed E-state index contributed by atoms with van der Waals surface area (Å²) in [6, 6.07) is 0. The molecule has 0 bridgehead atoms. The summed E-state index contributed by atoms with van der Waals surface area (Å²) in [6.07, 6.45) is 10.2. The van der Waals surface area contributed by atoms with Gasteiger partial charge in [-0.2, -0.15) is 0 Å². The molecule has 3 rings (SSSR count). The van der Waals surface area contributed by atoms with Crippen LogP contribution in [0, 0.1) is 11.3 Å². The molecule has 0 saturated heterocycles. The lowest BCUT2D eigenvalue weighted by atomic mass is 9.96. The van der Waals surface area contributed by atoms with E-state index in [1.807, 2.05) is 20.8 Å². The highest BCUT2D eigenvalue weighted by Gasteiger charge is 2.55. The summed E-state index contributed by atoms with van der Waals surface area (Å²) in [4.78, 5) is 16.9. The number of nitrogens with zero attached hydrogens (tertiary/aromatic N) is 1. The van der Waals surface area contributed by atoms with E-state index in [-0.39, 0.29) is 18.1 Å². The van der Waals surface area contributed by atoms with E-state index < -0.39 is 6.10 Å². The Bertz CT molecular complexity index is 658. The fourth-order valence-corrected chi connectivity index (χ4v) is 4.94. The first-order valence-corrected chi connectivity index (χ1v) is 11.4. The highest BCUT2D eigenvalue weighted by Crippen LogP contribution is 2.66. The number of ether oxygens (including phenoxy) is 1. The quantitative estimate of drug-likeness (QED) is 0.488. The molecule has 0 aromatic carbocycles. The van der Waals surface area contributed by atoms with Gasteiger partial charge in [0, 0.05) is 18.6 Å². The van der Waals surface area contributed by atoms with E-state index in [0.717, 1.165) is 12.3 Å². The van der Waals surface area contributed by atoms with Crippen molar-refractivity contribution in [2.75, 3.05) is 19.7 Å². The molecular weight excluding hydrogens is 374 g/mol. The smallest absolute Gasteiger partial charge is 0.273 e. The lowest BCUT2D eigenvalue weighted by Crippen LogP contribution is -2.42. The molecule has 28 heavy (non-hydrogen) atoms. The number of nitrogens with one attached hydrogen (secondary N) is 2. The van der Waals surface area contributed by atoms with Gasteiger partial charge >= 0.3 is 0 Å². The second kappa shape index (κ2) is 9.09. The molecule has 3 atom stereocenters. The highest BCUT2D eigenvalue weighted by molar-refractivity contribution is 7.15. The zero-order chi connectivity index (χ0) is 20.2. The first-order valence-electron chi connectivity index (χ1n) is 10.6. The summed E-state index contributed by atoms with van der Waals surface area (Å²) < 4.78 is 5.52. The SMILES string of the molecule is CC(C)(C)NCC(O)COc1ncc(C(=O)NCCCCC23CCCC2C3)s1. The fraction of sp³-hybridized carbons (Fsp3) is 0.810. The maximum Gasteiger partial charge on any atom is 0.273 e. The third kappa shape index (κ3) is 6.16. The van der Waals surface area contributed by atoms with Gasteiger partial charge < -0.3 is 20.5 Å². The summed E-state index contributed by atoms with van der Waals surface area (Å²) in [5.74, 6) is 0.922. The largest absolute Gasteiger partial charge is 0.467 e. The maximum absolute atomic E-state index is 12.2. The Morgan fingerprint density at radius 1 is 1.46 bits per heavy atom. The van der Waals surface area contributed by atoms with Gasteiger partial charge in [-0.3, -0.25) is 4.79 Å². The number of hydrogen-bond acceptors (Lipinski definition) is 6. The van der Waals surface area contributed by atoms with Crippen molar-refractivity contribution in [2.24, 2.45) is 11.3 Å². The molecule has 6 nitrogen and oxygen atoms in total. The molecule has 2 fully saturated rings. The Morgan fingerprint density at radius 2 is 2.29 bits per heavy atom. The van der Waals surface area contributed by atoms with E-state index in [9.17, 15) is 9.90 Å². The minimum absolute atomic E-state index is 0.0510. The molecule has 2 aliphatic rings. The number of carbonyl (C=O) groups is 1. The minimum Gasteiger partial charge on any atom is -0.467 e. The van der Waals surface area contributed by atoms with Gasteiger partial charge in [-0.15, -0.1) is 0 Å². The van der Waals surface area contributed by atoms with Gasteiger partial charge in [0.2, 0.25) is 0 Å². The van der Waals surface area contributed by atoms with Gasteiger partial charge in [0.1, 0.15) is 17.6 Å². The normalized spacial score (nSPS) is 24.6. The third-order valence-corrected chi connectivity index (χ3v) is 6.86. The number of unbranched alkanes of at least 4 members (excludes halogenated alkanes) is 1. The average Bonchev–Trinajstić information content (AvgIpc) is 2.99. The van der Waals surface area contributed by atoms with Crippen LogP contribution in [0.15, 0.2) is 6.20 Å². The lowest BCUT2D eigenvalue weighted by molar-refractivity contribution is 0.0956. The number of amides is 1. The number of fused-ring (bicyclic) bond motifs is 1. The molecule has 158 valence electrons. The summed E-state index contributed by atoms with van der Waals surface area (Å²) >= 11 is 1.22. The summed E-state index contributed by atoms with van der Waals surface area (Å²) in [5.41, 5.74) is 0.644. The third-order valence-electron chi connectivity index (χ3n) is 5.95. The van der Waals surface area contributed by atoms with Crippen molar-refractivity contribution in [3.63, 3.8) is 0 Å². The summed E-state index contributed by atoms with van der Waals surface area (Å²) in [5, 5.41) is 16.6. The number of hydrogen-bond donors (Lipinski definition) is 3. The van der Waals surface area contributed by atoms with Crippen LogP contribution in [0.3, 0.4) is 0 Å². The minimum atomic E-state index is -0.620. The van der Waals surface area contributed by atoms with Crippen molar-refractivity contribution in [3.8, 4) is 5.19 Å².